The first kappa shape index (κ1) is 21.6. The summed E-state index contributed by atoms with van der Waals surface area (Å²) in [6.07, 6.45) is 4.89. The second kappa shape index (κ2) is 11.3. The maximum atomic E-state index is 12.9. The smallest absolute Gasteiger partial charge is 0.195 e. The molecule has 1 aromatic carbocycles. The number of pyridine rings is 1. The molecule has 0 saturated heterocycles. The molecule has 0 aliphatic rings. The van der Waals surface area contributed by atoms with Gasteiger partial charge in [-0.25, -0.2) is 4.98 Å². The van der Waals surface area contributed by atoms with Crippen molar-refractivity contribution in [1.82, 2.24) is 9.88 Å². The molecule has 0 bridgehead atoms. The van der Waals surface area contributed by atoms with E-state index in [2.05, 4.69) is 32.8 Å². The van der Waals surface area contributed by atoms with Crippen molar-refractivity contribution in [3.63, 3.8) is 0 Å². The number of unbranched alkanes of at least 4 members (excludes halogenated alkanes) is 3. The van der Waals surface area contributed by atoms with Crippen LogP contribution in [0.15, 0.2) is 47.5 Å². The maximum absolute atomic E-state index is 12.9. The van der Waals surface area contributed by atoms with Gasteiger partial charge in [-0.15, -0.1) is 11.8 Å². The molecule has 2 rings (SSSR count). The fraction of sp³-hybridized carbons (Fsp3) is 0.478. The lowest BCUT2D eigenvalue weighted by Gasteiger charge is -2.12. The third-order valence-electron chi connectivity index (χ3n) is 4.49. The fourth-order valence-electron chi connectivity index (χ4n) is 2.86. The molecule has 0 fully saturated rings. The summed E-state index contributed by atoms with van der Waals surface area (Å²) in [7, 11) is 4.24. The lowest BCUT2D eigenvalue weighted by molar-refractivity contribution is 0.103. The van der Waals surface area contributed by atoms with Gasteiger partial charge in [-0.3, -0.25) is 4.79 Å². The van der Waals surface area contributed by atoms with Crippen molar-refractivity contribution < 1.29 is 4.79 Å². The van der Waals surface area contributed by atoms with Gasteiger partial charge in [0.1, 0.15) is 5.03 Å². The second-order valence-electron chi connectivity index (χ2n) is 7.50. The highest BCUT2D eigenvalue weighted by atomic mass is 32.2. The first-order valence-electron chi connectivity index (χ1n) is 9.87. The number of hydrogen-bond acceptors (Lipinski definition) is 4. The van der Waals surface area contributed by atoms with Crippen molar-refractivity contribution in [2.75, 3.05) is 26.4 Å². The van der Waals surface area contributed by atoms with Crippen LogP contribution in [0.2, 0.25) is 0 Å². The van der Waals surface area contributed by atoms with Crippen LogP contribution < -0.4 is 0 Å². The van der Waals surface area contributed by atoms with E-state index in [1.807, 2.05) is 42.5 Å². The Hall–Kier alpha value is -1.65. The van der Waals surface area contributed by atoms with Gasteiger partial charge in [0.2, 0.25) is 0 Å². The molecule has 0 amide bonds. The van der Waals surface area contributed by atoms with E-state index in [-0.39, 0.29) is 5.78 Å². The van der Waals surface area contributed by atoms with Crippen LogP contribution in [0, 0.1) is 0 Å². The van der Waals surface area contributed by atoms with Crippen LogP contribution in [0.1, 0.15) is 67.1 Å². The van der Waals surface area contributed by atoms with Crippen LogP contribution in [0.25, 0.3) is 0 Å². The number of hydrogen-bond donors (Lipinski definition) is 0. The molecule has 2 aromatic rings. The van der Waals surface area contributed by atoms with Crippen molar-refractivity contribution in [2.45, 2.75) is 50.5 Å². The van der Waals surface area contributed by atoms with E-state index in [4.69, 9.17) is 4.98 Å². The van der Waals surface area contributed by atoms with Crippen LogP contribution >= 0.6 is 11.8 Å². The van der Waals surface area contributed by atoms with Gasteiger partial charge in [-0.05, 0) is 57.3 Å². The number of carbonyl (C=O) groups is 1. The monoisotopic (exact) mass is 384 g/mol. The summed E-state index contributed by atoms with van der Waals surface area (Å²) in [5.74, 6) is 1.43. The quantitative estimate of drug-likeness (QED) is 0.285. The zero-order chi connectivity index (χ0) is 19.6. The molecule has 0 atom stereocenters. The Morgan fingerprint density at radius 2 is 1.70 bits per heavy atom. The highest BCUT2D eigenvalue weighted by Crippen LogP contribution is 2.27. The Bertz CT molecular complexity index is 714. The molecule has 0 spiro atoms. The predicted molar refractivity (Wildman–Crippen MR) is 116 cm³/mol. The summed E-state index contributed by atoms with van der Waals surface area (Å²) >= 11 is 1.72. The van der Waals surface area contributed by atoms with Gasteiger partial charge in [0.25, 0.3) is 0 Å². The molecular weight excluding hydrogens is 352 g/mol. The molecule has 0 aliphatic heterocycles. The largest absolute Gasteiger partial charge is 0.309 e. The Morgan fingerprint density at radius 3 is 2.37 bits per heavy atom. The first-order chi connectivity index (χ1) is 13.0. The molecule has 27 heavy (non-hydrogen) atoms. The molecule has 0 N–H and O–H groups in total. The molecule has 146 valence electrons. The Balaban J connectivity index is 2.02. The van der Waals surface area contributed by atoms with E-state index in [9.17, 15) is 4.79 Å². The third-order valence-corrected chi connectivity index (χ3v) is 5.57. The zero-order valence-electron chi connectivity index (χ0n) is 17.1. The highest BCUT2D eigenvalue weighted by Gasteiger charge is 2.16. The predicted octanol–water partition coefficient (Wildman–Crippen LogP) is 5.65. The van der Waals surface area contributed by atoms with E-state index < -0.39 is 0 Å². The van der Waals surface area contributed by atoms with Gasteiger partial charge in [-0.1, -0.05) is 57.0 Å². The third kappa shape index (κ3) is 7.11. The number of thioether (sulfide) groups is 1. The lowest BCUT2D eigenvalue weighted by Crippen LogP contribution is -2.12. The second-order valence-corrected chi connectivity index (χ2v) is 8.59. The number of benzene rings is 1. The van der Waals surface area contributed by atoms with Gasteiger partial charge in [-0.2, -0.15) is 0 Å². The first-order valence-corrected chi connectivity index (χ1v) is 10.9. The SMILES string of the molecule is CC(C)c1ccc(C(=O)c2ccccc2)c(SCCCCCCN(C)C)n1. The molecule has 0 unspecified atom stereocenters. The number of ketones is 1. The minimum atomic E-state index is 0.0619. The standard InChI is InChI=1S/C23H32N2OS/c1-18(2)21-15-14-20(22(26)19-12-8-7-9-13-19)23(24-21)27-17-11-6-5-10-16-25(3)4/h7-9,12-15,18H,5-6,10-11,16-17H2,1-4H3. The highest BCUT2D eigenvalue weighted by molar-refractivity contribution is 7.99. The number of carbonyl (C=O) groups excluding carboxylic acids is 1. The van der Waals surface area contributed by atoms with E-state index in [0.717, 1.165) is 40.6 Å². The summed E-state index contributed by atoms with van der Waals surface area (Å²) in [5.41, 5.74) is 2.50. The maximum Gasteiger partial charge on any atom is 0.195 e. The zero-order valence-corrected chi connectivity index (χ0v) is 17.9. The van der Waals surface area contributed by atoms with Crippen molar-refractivity contribution in [1.29, 1.82) is 0 Å². The summed E-state index contributed by atoms with van der Waals surface area (Å²) in [5, 5.41) is 0.878. The minimum Gasteiger partial charge on any atom is -0.309 e. The minimum absolute atomic E-state index is 0.0619. The summed E-state index contributed by atoms with van der Waals surface area (Å²) < 4.78 is 0. The van der Waals surface area contributed by atoms with E-state index in [1.54, 1.807) is 11.8 Å². The summed E-state index contributed by atoms with van der Waals surface area (Å²) in [4.78, 5) is 20.0. The van der Waals surface area contributed by atoms with Gasteiger partial charge >= 0.3 is 0 Å². The normalized spacial score (nSPS) is 11.3. The van der Waals surface area contributed by atoms with E-state index in [1.165, 1.54) is 19.3 Å². The molecule has 0 saturated carbocycles. The number of rotatable bonds is 11. The van der Waals surface area contributed by atoms with Crippen LogP contribution in [0.5, 0.6) is 0 Å². The Labute approximate surface area is 168 Å². The molecule has 0 aliphatic carbocycles. The average Bonchev–Trinajstić information content (AvgIpc) is 2.67. The summed E-state index contributed by atoms with van der Waals surface area (Å²) in [6.45, 7) is 5.43. The Kier molecular flexibility index (Phi) is 9.02. The average molecular weight is 385 g/mol. The summed E-state index contributed by atoms with van der Waals surface area (Å²) in [6, 6.07) is 13.4. The number of aromatic nitrogens is 1. The van der Waals surface area contributed by atoms with Crippen LogP contribution in [0.4, 0.5) is 0 Å². The topological polar surface area (TPSA) is 33.2 Å². The van der Waals surface area contributed by atoms with Gasteiger partial charge in [0.15, 0.2) is 5.78 Å². The van der Waals surface area contributed by atoms with Gasteiger partial charge in [0, 0.05) is 11.3 Å². The van der Waals surface area contributed by atoms with Crippen molar-refractivity contribution in [2.24, 2.45) is 0 Å². The molecular formula is C23H32N2OS. The van der Waals surface area contributed by atoms with Gasteiger partial charge in [0.05, 0.1) is 5.56 Å². The molecule has 1 heterocycles. The van der Waals surface area contributed by atoms with Crippen molar-refractivity contribution in [3.8, 4) is 0 Å². The Morgan fingerprint density at radius 1 is 1.00 bits per heavy atom. The van der Waals surface area contributed by atoms with Crippen molar-refractivity contribution >= 4 is 17.5 Å². The molecule has 3 nitrogen and oxygen atoms in total. The molecule has 1 aromatic heterocycles. The fourth-order valence-corrected chi connectivity index (χ4v) is 3.88. The van der Waals surface area contributed by atoms with E-state index in [0.29, 0.717) is 5.92 Å². The molecule has 4 heteroatoms. The molecule has 0 radical (unpaired) electrons. The van der Waals surface area contributed by atoms with Crippen molar-refractivity contribution in [3.05, 3.63) is 59.3 Å². The van der Waals surface area contributed by atoms with Crippen LogP contribution in [0.3, 0.4) is 0 Å². The van der Waals surface area contributed by atoms with Crippen LogP contribution in [-0.2, 0) is 0 Å². The number of nitrogens with zero attached hydrogens (tertiary/aromatic N) is 2. The van der Waals surface area contributed by atoms with E-state index >= 15 is 0 Å². The van der Waals surface area contributed by atoms with Gasteiger partial charge < -0.3 is 4.90 Å². The lowest BCUT2D eigenvalue weighted by atomic mass is 10.0. The van der Waals surface area contributed by atoms with Crippen LogP contribution in [-0.4, -0.2) is 42.1 Å².